The summed E-state index contributed by atoms with van der Waals surface area (Å²) >= 11 is 3.44. The van der Waals surface area contributed by atoms with Crippen molar-refractivity contribution >= 4 is 38.2 Å². The number of ether oxygens (including phenoxy) is 1. The Morgan fingerprint density at radius 3 is 2.80 bits per heavy atom. The average Bonchev–Trinajstić information content (AvgIpc) is 2.47. The van der Waals surface area contributed by atoms with Crippen LogP contribution in [0, 0.1) is 10.1 Å². The molecule has 2 heterocycles. The van der Waals surface area contributed by atoms with Crippen LogP contribution >= 0.6 is 15.9 Å². The molecule has 1 aliphatic rings. The zero-order valence-corrected chi connectivity index (χ0v) is 12.2. The lowest BCUT2D eigenvalue weighted by atomic mass is 10.1. The van der Waals surface area contributed by atoms with E-state index in [1.54, 1.807) is 0 Å². The van der Waals surface area contributed by atoms with E-state index in [0.717, 1.165) is 15.4 Å². The van der Waals surface area contributed by atoms with E-state index in [1.807, 2.05) is 23.1 Å². The van der Waals surface area contributed by atoms with E-state index < -0.39 is 0 Å². The van der Waals surface area contributed by atoms with Gasteiger partial charge in [-0.15, -0.1) is 0 Å². The van der Waals surface area contributed by atoms with Crippen LogP contribution in [0.3, 0.4) is 0 Å². The van der Waals surface area contributed by atoms with Crippen molar-refractivity contribution in [1.82, 2.24) is 4.98 Å². The second-order valence-electron chi connectivity index (χ2n) is 4.48. The molecule has 0 saturated carbocycles. The van der Waals surface area contributed by atoms with E-state index in [1.165, 1.54) is 6.20 Å². The smallest absolute Gasteiger partial charge is 0.311 e. The van der Waals surface area contributed by atoms with Crippen molar-refractivity contribution in [1.29, 1.82) is 0 Å². The number of nitrogens with zero attached hydrogens (tertiary/aromatic N) is 3. The van der Waals surface area contributed by atoms with Crippen molar-refractivity contribution in [3.05, 3.63) is 39.0 Å². The summed E-state index contributed by atoms with van der Waals surface area (Å²) in [7, 11) is 0. The Morgan fingerprint density at radius 1 is 1.35 bits per heavy atom. The van der Waals surface area contributed by atoms with Crippen LogP contribution in [0.15, 0.2) is 28.9 Å². The van der Waals surface area contributed by atoms with Crippen molar-refractivity contribution in [2.75, 3.05) is 31.2 Å². The van der Waals surface area contributed by atoms with Gasteiger partial charge in [0.05, 0.1) is 23.7 Å². The Balaban J connectivity index is 2.26. The Hall–Kier alpha value is -1.73. The molecule has 7 heteroatoms. The standard InChI is InChI=1S/C13H12BrN3O3/c14-10-3-1-2-9-12(10)15-8-11(17(18)19)13(9)16-4-6-20-7-5-16/h1-3,8H,4-7H2. The number of rotatable bonds is 2. The van der Waals surface area contributed by atoms with Crippen LogP contribution < -0.4 is 4.90 Å². The van der Waals surface area contributed by atoms with E-state index in [2.05, 4.69) is 20.9 Å². The summed E-state index contributed by atoms with van der Waals surface area (Å²) in [6.45, 7) is 2.45. The van der Waals surface area contributed by atoms with Crippen LogP contribution in [-0.2, 0) is 4.74 Å². The van der Waals surface area contributed by atoms with Gasteiger partial charge in [-0.3, -0.25) is 10.1 Å². The normalized spacial score (nSPS) is 15.6. The minimum atomic E-state index is -0.377. The molecule has 0 bridgehead atoms. The fourth-order valence-corrected chi connectivity index (χ4v) is 2.88. The fraction of sp³-hybridized carbons (Fsp3) is 0.308. The number of para-hydroxylation sites is 1. The molecule has 20 heavy (non-hydrogen) atoms. The van der Waals surface area contributed by atoms with Gasteiger partial charge < -0.3 is 9.64 Å². The number of benzene rings is 1. The molecule has 2 aromatic rings. The van der Waals surface area contributed by atoms with E-state index >= 15 is 0 Å². The third kappa shape index (κ3) is 2.23. The number of hydrogen-bond acceptors (Lipinski definition) is 5. The topological polar surface area (TPSA) is 68.5 Å². The van der Waals surface area contributed by atoms with Gasteiger partial charge in [-0.2, -0.15) is 0 Å². The van der Waals surface area contributed by atoms with Crippen LogP contribution in [-0.4, -0.2) is 36.2 Å². The lowest BCUT2D eigenvalue weighted by Crippen LogP contribution is -2.36. The SMILES string of the molecule is O=[N+]([O-])c1cnc2c(Br)cccc2c1N1CCOCC1. The lowest BCUT2D eigenvalue weighted by Gasteiger charge is -2.29. The first kappa shape index (κ1) is 13.3. The Labute approximate surface area is 123 Å². The van der Waals surface area contributed by atoms with Crippen LogP contribution in [0.4, 0.5) is 11.4 Å². The van der Waals surface area contributed by atoms with Gasteiger partial charge in [-0.1, -0.05) is 12.1 Å². The van der Waals surface area contributed by atoms with Crippen molar-refractivity contribution in [2.24, 2.45) is 0 Å². The minimum absolute atomic E-state index is 0.0394. The average molecular weight is 338 g/mol. The first-order chi connectivity index (χ1) is 9.68. The lowest BCUT2D eigenvalue weighted by molar-refractivity contribution is -0.384. The molecule has 1 saturated heterocycles. The van der Waals surface area contributed by atoms with E-state index in [4.69, 9.17) is 4.74 Å². The summed E-state index contributed by atoms with van der Waals surface area (Å²) in [4.78, 5) is 17.1. The van der Waals surface area contributed by atoms with Gasteiger partial charge in [0, 0.05) is 22.9 Å². The molecule has 1 aromatic carbocycles. The molecular weight excluding hydrogens is 326 g/mol. The predicted molar refractivity (Wildman–Crippen MR) is 79.1 cm³/mol. The summed E-state index contributed by atoms with van der Waals surface area (Å²) in [6, 6.07) is 5.61. The number of hydrogen-bond donors (Lipinski definition) is 0. The molecule has 0 aliphatic carbocycles. The number of nitro groups is 1. The molecule has 1 aromatic heterocycles. The third-order valence-corrected chi connectivity index (χ3v) is 3.96. The number of morpholine rings is 1. The molecule has 104 valence electrons. The van der Waals surface area contributed by atoms with E-state index in [-0.39, 0.29) is 10.6 Å². The molecule has 0 unspecified atom stereocenters. The second-order valence-corrected chi connectivity index (χ2v) is 5.34. The quantitative estimate of drug-likeness (QED) is 0.622. The molecule has 6 nitrogen and oxygen atoms in total. The Morgan fingerprint density at radius 2 is 2.10 bits per heavy atom. The van der Waals surface area contributed by atoms with E-state index in [0.29, 0.717) is 32.0 Å². The van der Waals surface area contributed by atoms with Crippen LogP contribution in [0.1, 0.15) is 0 Å². The molecule has 0 amide bonds. The highest BCUT2D eigenvalue weighted by Gasteiger charge is 2.25. The number of halogens is 1. The second kappa shape index (κ2) is 5.34. The molecule has 0 radical (unpaired) electrons. The molecule has 0 atom stereocenters. The van der Waals surface area contributed by atoms with Crippen LogP contribution in [0.5, 0.6) is 0 Å². The monoisotopic (exact) mass is 337 g/mol. The first-order valence-electron chi connectivity index (χ1n) is 6.23. The van der Waals surface area contributed by atoms with Gasteiger partial charge in [-0.25, -0.2) is 4.98 Å². The van der Waals surface area contributed by atoms with Crippen LogP contribution in [0.2, 0.25) is 0 Å². The van der Waals surface area contributed by atoms with Gasteiger partial charge in [0.2, 0.25) is 0 Å². The van der Waals surface area contributed by atoms with Gasteiger partial charge in [0.1, 0.15) is 11.9 Å². The first-order valence-corrected chi connectivity index (χ1v) is 7.02. The molecule has 3 rings (SSSR count). The highest BCUT2D eigenvalue weighted by Crippen LogP contribution is 2.37. The van der Waals surface area contributed by atoms with Gasteiger partial charge >= 0.3 is 5.69 Å². The van der Waals surface area contributed by atoms with Crippen molar-refractivity contribution in [3.63, 3.8) is 0 Å². The maximum absolute atomic E-state index is 11.3. The Bertz CT molecular complexity index is 671. The van der Waals surface area contributed by atoms with Gasteiger partial charge in [-0.05, 0) is 22.0 Å². The maximum atomic E-state index is 11.3. The van der Waals surface area contributed by atoms with Gasteiger partial charge in [0.25, 0.3) is 0 Å². The molecule has 0 N–H and O–H groups in total. The third-order valence-electron chi connectivity index (χ3n) is 3.32. The molecule has 0 spiro atoms. The Kier molecular flexibility index (Phi) is 3.54. The highest BCUT2D eigenvalue weighted by atomic mass is 79.9. The summed E-state index contributed by atoms with van der Waals surface area (Å²) in [5.41, 5.74) is 1.40. The largest absolute Gasteiger partial charge is 0.378 e. The number of aromatic nitrogens is 1. The predicted octanol–water partition coefficient (Wildman–Crippen LogP) is 2.74. The summed E-state index contributed by atoms with van der Waals surface area (Å²) in [5.74, 6) is 0. The summed E-state index contributed by atoms with van der Waals surface area (Å²) < 4.78 is 6.15. The van der Waals surface area contributed by atoms with Crippen molar-refractivity contribution in [3.8, 4) is 0 Å². The number of anilines is 1. The summed E-state index contributed by atoms with van der Waals surface area (Å²) in [6.07, 6.45) is 1.33. The van der Waals surface area contributed by atoms with E-state index in [9.17, 15) is 10.1 Å². The molecule has 1 fully saturated rings. The number of pyridine rings is 1. The van der Waals surface area contributed by atoms with Crippen molar-refractivity contribution < 1.29 is 9.66 Å². The van der Waals surface area contributed by atoms with Crippen LogP contribution in [0.25, 0.3) is 10.9 Å². The zero-order valence-electron chi connectivity index (χ0n) is 10.6. The van der Waals surface area contributed by atoms with Gasteiger partial charge in [0.15, 0.2) is 0 Å². The molecule has 1 aliphatic heterocycles. The zero-order chi connectivity index (χ0) is 14.1. The summed E-state index contributed by atoms with van der Waals surface area (Å²) in [5, 5.41) is 12.1. The highest BCUT2D eigenvalue weighted by molar-refractivity contribution is 9.10. The van der Waals surface area contributed by atoms with Crippen molar-refractivity contribution in [2.45, 2.75) is 0 Å². The minimum Gasteiger partial charge on any atom is -0.378 e. The molecular formula is C13H12BrN3O3. The fourth-order valence-electron chi connectivity index (χ4n) is 2.42. The maximum Gasteiger partial charge on any atom is 0.311 e. The number of fused-ring (bicyclic) bond motifs is 1.